The first-order valence-electron chi connectivity index (χ1n) is 3.33. The van der Waals surface area contributed by atoms with Crippen molar-refractivity contribution in [2.24, 2.45) is 0 Å². The zero-order chi connectivity index (χ0) is 9.14. The van der Waals surface area contributed by atoms with E-state index in [9.17, 15) is 4.79 Å². The summed E-state index contributed by atoms with van der Waals surface area (Å²) >= 11 is 2.14. The van der Waals surface area contributed by atoms with E-state index in [0.717, 1.165) is 3.57 Å². The van der Waals surface area contributed by atoms with Crippen LogP contribution in [0.15, 0.2) is 24.3 Å². The van der Waals surface area contributed by atoms with Gasteiger partial charge in [0.05, 0.1) is 0 Å². The van der Waals surface area contributed by atoms with Crippen LogP contribution in [-0.2, 0) is 0 Å². The summed E-state index contributed by atoms with van der Waals surface area (Å²) in [5.41, 5.74) is 0.689. The van der Waals surface area contributed by atoms with Crippen LogP contribution < -0.4 is 4.90 Å². The quantitative estimate of drug-likeness (QED) is 0.801. The lowest BCUT2D eigenvalue weighted by Crippen LogP contribution is -2.23. The Balaban J connectivity index is 2.95. The summed E-state index contributed by atoms with van der Waals surface area (Å²) in [6, 6.07) is 7.32. The van der Waals surface area contributed by atoms with Crippen LogP contribution in [0.25, 0.3) is 0 Å². The van der Waals surface area contributed by atoms with Gasteiger partial charge in [0, 0.05) is 16.3 Å². The van der Waals surface area contributed by atoms with Gasteiger partial charge in [-0.05, 0) is 40.8 Å². The van der Waals surface area contributed by atoms with Gasteiger partial charge < -0.3 is 5.11 Å². The van der Waals surface area contributed by atoms with E-state index in [4.69, 9.17) is 5.11 Å². The summed E-state index contributed by atoms with van der Waals surface area (Å²) in [5, 5.41) is 8.65. The fourth-order valence-corrected chi connectivity index (χ4v) is 1.32. The second-order valence-corrected chi connectivity index (χ2v) is 3.57. The molecule has 12 heavy (non-hydrogen) atoms. The summed E-state index contributed by atoms with van der Waals surface area (Å²) in [6.45, 7) is 0. The number of carbonyl (C=O) groups is 1. The number of rotatable bonds is 1. The van der Waals surface area contributed by atoms with Crippen LogP contribution >= 0.6 is 22.6 Å². The number of hydrogen-bond donors (Lipinski definition) is 1. The van der Waals surface area contributed by atoms with E-state index >= 15 is 0 Å². The molecule has 4 heteroatoms. The van der Waals surface area contributed by atoms with E-state index in [2.05, 4.69) is 22.6 Å². The second-order valence-electron chi connectivity index (χ2n) is 2.32. The Hall–Kier alpha value is -0.780. The van der Waals surface area contributed by atoms with Crippen molar-refractivity contribution >= 4 is 34.4 Å². The van der Waals surface area contributed by atoms with Crippen molar-refractivity contribution in [2.75, 3.05) is 11.9 Å². The van der Waals surface area contributed by atoms with Crippen molar-refractivity contribution in [3.05, 3.63) is 27.8 Å². The Kier molecular flexibility index (Phi) is 2.91. The lowest BCUT2D eigenvalue weighted by molar-refractivity contribution is 0.203. The normalized spacial score (nSPS) is 9.50. The number of hydrogen-bond acceptors (Lipinski definition) is 1. The topological polar surface area (TPSA) is 40.5 Å². The van der Waals surface area contributed by atoms with Gasteiger partial charge in [0.2, 0.25) is 0 Å². The Morgan fingerprint density at radius 1 is 1.58 bits per heavy atom. The Labute approximate surface area is 84.1 Å². The molecule has 0 aliphatic heterocycles. The number of nitrogens with zero attached hydrogens (tertiary/aromatic N) is 1. The molecule has 0 saturated heterocycles. The smallest absolute Gasteiger partial charge is 0.411 e. The van der Waals surface area contributed by atoms with Crippen molar-refractivity contribution in [1.29, 1.82) is 0 Å². The first kappa shape index (κ1) is 9.31. The van der Waals surface area contributed by atoms with Gasteiger partial charge in [-0.1, -0.05) is 6.07 Å². The van der Waals surface area contributed by atoms with Gasteiger partial charge in [-0.2, -0.15) is 0 Å². The molecule has 3 nitrogen and oxygen atoms in total. The highest BCUT2D eigenvalue weighted by Crippen LogP contribution is 2.15. The van der Waals surface area contributed by atoms with Crippen molar-refractivity contribution < 1.29 is 9.90 Å². The molecule has 0 fully saturated rings. The molecule has 0 heterocycles. The second kappa shape index (κ2) is 3.75. The van der Waals surface area contributed by atoms with Crippen molar-refractivity contribution in [1.82, 2.24) is 0 Å². The average Bonchev–Trinajstić information content (AvgIpc) is 2.03. The third-order valence-electron chi connectivity index (χ3n) is 1.48. The molecule has 0 aromatic heterocycles. The number of anilines is 1. The number of benzene rings is 1. The van der Waals surface area contributed by atoms with Gasteiger partial charge in [0.1, 0.15) is 0 Å². The highest BCUT2D eigenvalue weighted by Gasteiger charge is 2.07. The van der Waals surface area contributed by atoms with Crippen molar-refractivity contribution in [2.45, 2.75) is 0 Å². The summed E-state index contributed by atoms with van der Waals surface area (Å²) in [4.78, 5) is 11.7. The minimum absolute atomic E-state index is 0.689. The van der Waals surface area contributed by atoms with E-state index in [1.54, 1.807) is 6.07 Å². The van der Waals surface area contributed by atoms with E-state index in [0.29, 0.717) is 5.69 Å². The third-order valence-corrected chi connectivity index (χ3v) is 2.15. The van der Waals surface area contributed by atoms with E-state index in [-0.39, 0.29) is 0 Å². The molecule has 1 N–H and O–H groups in total. The fourth-order valence-electron chi connectivity index (χ4n) is 0.795. The Morgan fingerprint density at radius 3 is 2.75 bits per heavy atom. The highest BCUT2D eigenvalue weighted by molar-refractivity contribution is 14.1. The van der Waals surface area contributed by atoms with Gasteiger partial charge in [-0.15, -0.1) is 0 Å². The monoisotopic (exact) mass is 277 g/mol. The first-order chi connectivity index (χ1) is 5.61. The standard InChI is InChI=1S/C8H8INO2/c1-10(8(11)12)7-4-2-3-6(9)5-7/h2-5H,1H3,(H,11,12). The minimum Gasteiger partial charge on any atom is -0.465 e. The minimum atomic E-state index is -0.947. The van der Waals surface area contributed by atoms with Crippen LogP contribution in [0.2, 0.25) is 0 Å². The molecule has 64 valence electrons. The lowest BCUT2D eigenvalue weighted by Gasteiger charge is -2.12. The SMILES string of the molecule is CN(C(=O)O)c1cccc(I)c1. The fraction of sp³-hybridized carbons (Fsp3) is 0.125. The average molecular weight is 277 g/mol. The van der Waals surface area contributed by atoms with Crippen LogP contribution in [-0.4, -0.2) is 18.2 Å². The molecule has 1 rings (SSSR count). The van der Waals surface area contributed by atoms with E-state index < -0.39 is 6.09 Å². The van der Waals surface area contributed by atoms with Gasteiger partial charge in [0.25, 0.3) is 0 Å². The van der Waals surface area contributed by atoms with Crippen LogP contribution in [0.5, 0.6) is 0 Å². The molecular weight excluding hydrogens is 269 g/mol. The molecule has 0 radical (unpaired) electrons. The van der Waals surface area contributed by atoms with Gasteiger partial charge in [0.15, 0.2) is 0 Å². The lowest BCUT2D eigenvalue weighted by atomic mass is 10.3. The molecule has 0 aliphatic carbocycles. The van der Waals surface area contributed by atoms with Gasteiger partial charge >= 0.3 is 6.09 Å². The molecule has 0 unspecified atom stereocenters. The zero-order valence-electron chi connectivity index (χ0n) is 6.49. The molecule has 0 bridgehead atoms. The van der Waals surface area contributed by atoms with Crippen LogP contribution in [0.3, 0.4) is 0 Å². The van der Waals surface area contributed by atoms with Crippen LogP contribution in [0.4, 0.5) is 10.5 Å². The summed E-state index contributed by atoms with van der Waals surface area (Å²) in [6.07, 6.45) is -0.947. The van der Waals surface area contributed by atoms with E-state index in [1.807, 2.05) is 18.2 Å². The number of carboxylic acid groups (broad SMARTS) is 1. The summed E-state index contributed by atoms with van der Waals surface area (Å²) in [5.74, 6) is 0. The molecule has 0 aliphatic rings. The van der Waals surface area contributed by atoms with Crippen LogP contribution in [0.1, 0.15) is 0 Å². The summed E-state index contributed by atoms with van der Waals surface area (Å²) in [7, 11) is 1.52. The number of amides is 1. The molecule has 1 aromatic carbocycles. The predicted octanol–water partition coefficient (Wildman–Crippen LogP) is 2.41. The Morgan fingerprint density at radius 2 is 2.25 bits per heavy atom. The molecule has 0 spiro atoms. The van der Waals surface area contributed by atoms with Gasteiger partial charge in [-0.25, -0.2) is 4.79 Å². The maximum Gasteiger partial charge on any atom is 0.411 e. The van der Waals surface area contributed by atoms with Crippen LogP contribution in [0, 0.1) is 3.57 Å². The predicted molar refractivity (Wildman–Crippen MR) is 55.6 cm³/mol. The largest absolute Gasteiger partial charge is 0.465 e. The van der Waals surface area contributed by atoms with Gasteiger partial charge in [-0.3, -0.25) is 4.90 Å². The molecule has 1 aromatic rings. The maximum absolute atomic E-state index is 10.5. The third kappa shape index (κ3) is 2.10. The molecular formula is C8H8INO2. The zero-order valence-corrected chi connectivity index (χ0v) is 8.65. The molecule has 0 atom stereocenters. The Bertz CT molecular complexity index is 301. The molecule has 0 saturated carbocycles. The number of halogens is 1. The summed E-state index contributed by atoms with van der Waals surface area (Å²) < 4.78 is 1.03. The first-order valence-corrected chi connectivity index (χ1v) is 4.41. The maximum atomic E-state index is 10.5. The van der Waals surface area contributed by atoms with E-state index in [1.165, 1.54) is 11.9 Å². The van der Waals surface area contributed by atoms with Crippen molar-refractivity contribution in [3.63, 3.8) is 0 Å². The highest BCUT2D eigenvalue weighted by atomic mass is 127. The molecule has 1 amide bonds. The van der Waals surface area contributed by atoms with Crippen molar-refractivity contribution in [3.8, 4) is 0 Å².